The summed E-state index contributed by atoms with van der Waals surface area (Å²) in [6, 6.07) is 11.1. The fraction of sp³-hybridized carbons (Fsp3) is 0.167. The number of hydrogen-bond donors (Lipinski definition) is 1. The van der Waals surface area contributed by atoms with E-state index in [0.717, 1.165) is 22.5 Å². The van der Waals surface area contributed by atoms with Crippen LogP contribution in [0, 0.1) is 0 Å². The van der Waals surface area contributed by atoms with E-state index >= 15 is 0 Å². The van der Waals surface area contributed by atoms with Crippen molar-refractivity contribution in [1.82, 2.24) is 19.7 Å². The van der Waals surface area contributed by atoms with Gasteiger partial charge in [-0.3, -0.25) is 9.59 Å². The van der Waals surface area contributed by atoms with Crippen LogP contribution < -0.4 is 10.9 Å². The number of amides is 1. The summed E-state index contributed by atoms with van der Waals surface area (Å²) in [5.74, 6) is -0.580. The molecule has 0 unspecified atom stereocenters. The van der Waals surface area contributed by atoms with Gasteiger partial charge in [0.15, 0.2) is 0 Å². The van der Waals surface area contributed by atoms with E-state index in [9.17, 15) is 22.8 Å². The van der Waals surface area contributed by atoms with E-state index in [-0.39, 0.29) is 6.54 Å². The van der Waals surface area contributed by atoms with E-state index < -0.39 is 29.8 Å². The van der Waals surface area contributed by atoms with Gasteiger partial charge in [0.05, 0.1) is 11.9 Å². The van der Waals surface area contributed by atoms with Crippen molar-refractivity contribution < 1.29 is 18.0 Å². The fourth-order valence-electron chi connectivity index (χ4n) is 2.46. The maximum Gasteiger partial charge on any atom is 0.421 e. The summed E-state index contributed by atoms with van der Waals surface area (Å²) in [6.07, 6.45) is -0.317. The largest absolute Gasteiger partial charge is 0.421 e. The van der Waals surface area contributed by atoms with Gasteiger partial charge in [0, 0.05) is 24.5 Å². The summed E-state index contributed by atoms with van der Waals surface area (Å²) in [5, 5.41) is 6.75. The van der Waals surface area contributed by atoms with Crippen molar-refractivity contribution >= 4 is 5.91 Å². The minimum absolute atomic E-state index is 0.138. The Balaban J connectivity index is 1.63. The lowest BCUT2D eigenvalue weighted by Gasteiger charge is -2.10. The summed E-state index contributed by atoms with van der Waals surface area (Å²) >= 11 is 0. The van der Waals surface area contributed by atoms with Crippen LogP contribution in [-0.4, -0.2) is 20.3 Å². The SMILES string of the molecule is O=C(Cn1cccc(C(F)(F)F)c1=O)NCc1cnn(-c2ccccc2)c1. The first kappa shape index (κ1) is 18.4. The lowest BCUT2D eigenvalue weighted by molar-refractivity contribution is -0.139. The highest BCUT2D eigenvalue weighted by atomic mass is 19.4. The highest BCUT2D eigenvalue weighted by Crippen LogP contribution is 2.25. The number of halogens is 3. The number of rotatable bonds is 5. The number of benzene rings is 1. The van der Waals surface area contributed by atoms with Gasteiger partial charge in [-0.25, -0.2) is 4.68 Å². The van der Waals surface area contributed by atoms with Gasteiger partial charge in [0.2, 0.25) is 5.91 Å². The number of hydrogen-bond acceptors (Lipinski definition) is 3. The van der Waals surface area contributed by atoms with E-state index in [1.807, 2.05) is 30.3 Å². The van der Waals surface area contributed by atoms with Gasteiger partial charge in [0.1, 0.15) is 12.1 Å². The molecule has 1 amide bonds. The van der Waals surface area contributed by atoms with Gasteiger partial charge < -0.3 is 9.88 Å². The third kappa shape index (κ3) is 4.43. The molecule has 3 rings (SSSR count). The van der Waals surface area contributed by atoms with Crippen LogP contribution in [0.15, 0.2) is 65.8 Å². The maximum atomic E-state index is 12.8. The summed E-state index contributed by atoms with van der Waals surface area (Å²) < 4.78 is 40.6. The van der Waals surface area contributed by atoms with E-state index in [0.29, 0.717) is 11.6 Å². The molecule has 0 aliphatic heterocycles. The summed E-state index contributed by atoms with van der Waals surface area (Å²) in [5.41, 5.74) is -0.992. The van der Waals surface area contributed by atoms with Gasteiger partial charge in [-0.2, -0.15) is 18.3 Å². The molecule has 1 aromatic carbocycles. The van der Waals surface area contributed by atoms with Crippen molar-refractivity contribution in [2.45, 2.75) is 19.3 Å². The maximum absolute atomic E-state index is 12.8. The smallest absolute Gasteiger partial charge is 0.350 e. The molecule has 0 saturated heterocycles. The van der Waals surface area contributed by atoms with Crippen molar-refractivity contribution in [2.24, 2.45) is 0 Å². The van der Waals surface area contributed by atoms with Crippen molar-refractivity contribution in [3.8, 4) is 5.69 Å². The monoisotopic (exact) mass is 376 g/mol. The molecule has 0 aliphatic rings. The zero-order valence-electron chi connectivity index (χ0n) is 14.0. The lowest BCUT2D eigenvalue weighted by Crippen LogP contribution is -2.34. The standard InChI is InChI=1S/C18H15F3N4O2/c19-18(20,21)15-7-4-8-24(17(15)27)12-16(26)22-9-13-10-23-25(11-13)14-5-2-1-3-6-14/h1-8,10-11H,9,12H2,(H,22,26). The Morgan fingerprint density at radius 1 is 1.11 bits per heavy atom. The molecule has 0 saturated carbocycles. The van der Waals surface area contributed by atoms with Gasteiger partial charge in [-0.05, 0) is 24.3 Å². The zero-order chi connectivity index (χ0) is 19.4. The van der Waals surface area contributed by atoms with Crippen LogP contribution in [0.4, 0.5) is 13.2 Å². The molecule has 0 spiro atoms. The molecule has 1 N–H and O–H groups in total. The number of carbonyl (C=O) groups excluding carboxylic acids is 1. The lowest BCUT2D eigenvalue weighted by atomic mass is 10.2. The second-order valence-corrected chi connectivity index (χ2v) is 5.76. The van der Waals surface area contributed by atoms with Crippen molar-refractivity contribution in [3.63, 3.8) is 0 Å². The average Bonchev–Trinajstić information content (AvgIpc) is 3.11. The van der Waals surface area contributed by atoms with Crippen LogP contribution in [0.2, 0.25) is 0 Å². The van der Waals surface area contributed by atoms with Crippen molar-refractivity contribution in [2.75, 3.05) is 0 Å². The first-order valence-electron chi connectivity index (χ1n) is 7.97. The molecular formula is C18H15F3N4O2. The Bertz CT molecular complexity index is 994. The fourth-order valence-corrected chi connectivity index (χ4v) is 2.46. The molecule has 2 heterocycles. The van der Waals surface area contributed by atoms with E-state index in [1.54, 1.807) is 17.1 Å². The predicted octanol–water partition coefficient (Wildman–Crippen LogP) is 2.37. The molecule has 140 valence electrons. The van der Waals surface area contributed by atoms with Crippen molar-refractivity contribution in [3.05, 3.63) is 82.5 Å². The summed E-state index contributed by atoms with van der Waals surface area (Å²) in [4.78, 5) is 23.8. The minimum Gasteiger partial charge on any atom is -0.350 e. The molecule has 0 aliphatic carbocycles. The highest BCUT2D eigenvalue weighted by molar-refractivity contribution is 5.75. The topological polar surface area (TPSA) is 68.9 Å². The Labute approximate surface area is 151 Å². The molecule has 0 radical (unpaired) electrons. The molecule has 0 fully saturated rings. The van der Waals surface area contributed by atoms with Crippen molar-refractivity contribution in [1.29, 1.82) is 0 Å². The zero-order valence-corrected chi connectivity index (χ0v) is 14.0. The predicted molar refractivity (Wildman–Crippen MR) is 91.1 cm³/mol. The van der Waals surface area contributed by atoms with Crippen LogP contribution in [-0.2, 0) is 24.1 Å². The van der Waals surface area contributed by atoms with Gasteiger partial charge in [-0.1, -0.05) is 18.2 Å². The number of aromatic nitrogens is 3. The quantitative estimate of drug-likeness (QED) is 0.743. The Kier molecular flexibility index (Phi) is 5.11. The normalized spacial score (nSPS) is 11.4. The molecule has 27 heavy (non-hydrogen) atoms. The van der Waals surface area contributed by atoms with E-state index in [1.165, 1.54) is 0 Å². The molecule has 0 atom stereocenters. The molecule has 6 nitrogen and oxygen atoms in total. The van der Waals surface area contributed by atoms with E-state index in [2.05, 4.69) is 10.4 Å². The first-order valence-corrected chi connectivity index (χ1v) is 7.97. The average molecular weight is 376 g/mol. The first-order chi connectivity index (χ1) is 12.8. The molecule has 3 aromatic rings. The number of carbonyl (C=O) groups is 1. The highest BCUT2D eigenvalue weighted by Gasteiger charge is 2.34. The number of para-hydroxylation sites is 1. The van der Waals surface area contributed by atoms with Crippen LogP contribution in [0.3, 0.4) is 0 Å². The molecule has 2 aromatic heterocycles. The number of nitrogens with zero attached hydrogens (tertiary/aromatic N) is 3. The molecule has 0 bridgehead atoms. The van der Waals surface area contributed by atoms with Gasteiger partial charge in [-0.15, -0.1) is 0 Å². The number of nitrogens with one attached hydrogen (secondary N) is 1. The van der Waals surface area contributed by atoms with Gasteiger partial charge >= 0.3 is 6.18 Å². The summed E-state index contributed by atoms with van der Waals surface area (Å²) in [6.45, 7) is -0.366. The summed E-state index contributed by atoms with van der Waals surface area (Å²) in [7, 11) is 0. The molecule has 9 heteroatoms. The third-order valence-corrected chi connectivity index (χ3v) is 3.79. The number of pyridine rings is 1. The second kappa shape index (κ2) is 7.48. The Morgan fingerprint density at radius 2 is 1.85 bits per heavy atom. The van der Waals surface area contributed by atoms with Gasteiger partial charge in [0.25, 0.3) is 5.56 Å². The van der Waals surface area contributed by atoms with Crippen LogP contribution >= 0.6 is 0 Å². The van der Waals surface area contributed by atoms with Crippen LogP contribution in [0.5, 0.6) is 0 Å². The number of alkyl halides is 3. The van der Waals surface area contributed by atoms with E-state index in [4.69, 9.17) is 0 Å². The molecular weight excluding hydrogens is 361 g/mol. The Morgan fingerprint density at radius 3 is 2.56 bits per heavy atom. The Hall–Kier alpha value is -3.36. The third-order valence-electron chi connectivity index (χ3n) is 3.79. The second-order valence-electron chi connectivity index (χ2n) is 5.76. The minimum atomic E-state index is -4.76. The van der Waals surface area contributed by atoms with Crippen LogP contribution in [0.25, 0.3) is 5.69 Å². The van der Waals surface area contributed by atoms with Crippen LogP contribution in [0.1, 0.15) is 11.1 Å².